The number of rotatable bonds is 8. The standard InChI is InChI=1S/C27H32FNO6/c1-8-34-15-19(24(30)17-11-9-10-12-21(17)28)25(31)29-22-14-23(35-26(32)33-7)18(16(2)3)13-20(22)27(4,5)6/h9-16H,8H2,1-7H3,(H,29,31)/b19-15-. The molecule has 0 fully saturated rings. The van der Waals surface area contributed by atoms with Crippen LogP contribution in [0, 0.1) is 5.82 Å². The Morgan fingerprint density at radius 2 is 1.77 bits per heavy atom. The largest absolute Gasteiger partial charge is 0.513 e. The molecule has 2 aromatic carbocycles. The van der Waals surface area contributed by atoms with Crippen LogP contribution in [0.3, 0.4) is 0 Å². The lowest BCUT2D eigenvalue weighted by molar-refractivity contribution is -0.112. The first-order chi connectivity index (χ1) is 16.4. The van der Waals surface area contributed by atoms with Crippen LogP contribution in [0.15, 0.2) is 48.2 Å². The quantitative estimate of drug-likeness (QED) is 0.0919. The fourth-order valence-electron chi connectivity index (χ4n) is 3.35. The summed E-state index contributed by atoms with van der Waals surface area (Å²) in [6.07, 6.45) is 0.120. The molecule has 0 radical (unpaired) electrons. The fourth-order valence-corrected chi connectivity index (χ4v) is 3.35. The number of benzene rings is 2. The SMILES string of the molecule is CCO/C=C(\C(=O)Nc1cc(OC(=O)OC)c(C(C)C)cc1C(C)(C)C)C(=O)c1ccccc1F. The number of hydrogen-bond acceptors (Lipinski definition) is 6. The molecule has 0 unspecified atom stereocenters. The minimum Gasteiger partial charge on any atom is -0.501 e. The second-order valence-electron chi connectivity index (χ2n) is 9.15. The summed E-state index contributed by atoms with van der Waals surface area (Å²) in [4.78, 5) is 38.2. The minimum atomic E-state index is -0.903. The molecule has 0 aromatic heterocycles. The molecule has 2 rings (SSSR count). The van der Waals surface area contributed by atoms with Gasteiger partial charge in [0.05, 0.1) is 25.5 Å². The first-order valence-electron chi connectivity index (χ1n) is 11.3. The summed E-state index contributed by atoms with van der Waals surface area (Å²) in [5.41, 5.74) is 0.769. The molecule has 0 aliphatic heterocycles. The molecule has 0 saturated carbocycles. The number of hydrogen-bond donors (Lipinski definition) is 1. The lowest BCUT2D eigenvalue weighted by Gasteiger charge is -2.26. The summed E-state index contributed by atoms with van der Waals surface area (Å²) in [5, 5.41) is 2.73. The summed E-state index contributed by atoms with van der Waals surface area (Å²) in [5.74, 6) is -2.16. The maximum absolute atomic E-state index is 14.3. The maximum Gasteiger partial charge on any atom is 0.513 e. The average Bonchev–Trinajstić information content (AvgIpc) is 2.78. The average molecular weight is 486 g/mol. The highest BCUT2D eigenvalue weighted by Crippen LogP contribution is 2.38. The maximum atomic E-state index is 14.3. The van der Waals surface area contributed by atoms with Gasteiger partial charge in [0.2, 0.25) is 5.78 Å². The molecule has 0 atom stereocenters. The molecule has 1 amide bonds. The van der Waals surface area contributed by atoms with Gasteiger partial charge in [-0.2, -0.15) is 0 Å². The van der Waals surface area contributed by atoms with E-state index in [1.165, 1.54) is 31.4 Å². The smallest absolute Gasteiger partial charge is 0.501 e. The minimum absolute atomic E-state index is 0.00319. The van der Waals surface area contributed by atoms with Gasteiger partial charge >= 0.3 is 6.16 Å². The third-order valence-electron chi connectivity index (χ3n) is 5.16. The van der Waals surface area contributed by atoms with E-state index < -0.39 is 29.1 Å². The van der Waals surface area contributed by atoms with Crippen LogP contribution < -0.4 is 10.1 Å². The summed E-state index contributed by atoms with van der Waals surface area (Å²) >= 11 is 0. The Morgan fingerprint density at radius 1 is 1.11 bits per heavy atom. The van der Waals surface area contributed by atoms with E-state index in [2.05, 4.69) is 10.1 Å². The molecule has 0 aliphatic carbocycles. The molecule has 1 N–H and O–H groups in total. The molecule has 0 spiro atoms. The number of carbonyl (C=O) groups is 3. The van der Waals surface area contributed by atoms with Gasteiger partial charge in [0, 0.05) is 11.8 Å². The number of carbonyl (C=O) groups excluding carboxylic acids is 3. The molecule has 35 heavy (non-hydrogen) atoms. The lowest BCUT2D eigenvalue weighted by atomic mass is 9.83. The predicted octanol–water partition coefficient (Wildman–Crippen LogP) is 6.13. The van der Waals surface area contributed by atoms with Crippen molar-refractivity contribution in [1.82, 2.24) is 0 Å². The molecular weight excluding hydrogens is 453 g/mol. The molecule has 8 heteroatoms. The number of ether oxygens (including phenoxy) is 3. The van der Waals surface area contributed by atoms with Gasteiger partial charge in [-0.05, 0) is 47.6 Å². The van der Waals surface area contributed by atoms with E-state index in [-0.39, 0.29) is 29.4 Å². The second kappa shape index (κ2) is 11.6. The van der Waals surface area contributed by atoms with Crippen molar-refractivity contribution < 1.29 is 33.0 Å². The van der Waals surface area contributed by atoms with Crippen LogP contribution in [-0.2, 0) is 19.7 Å². The zero-order valence-electron chi connectivity index (χ0n) is 21.2. The van der Waals surface area contributed by atoms with Crippen LogP contribution in [0.5, 0.6) is 5.75 Å². The van der Waals surface area contributed by atoms with Crippen molar-refractivity contribution in [2.24, 2.45) is 0 Å². The number of Topliss-reactive ketones (excluding diaryl/α,β-unsaturated/α-hetero) is 1. The van der Waals surface area contributed by atoms with E-state index in [1.54, 1.807) is 6.92 Å². The van der Waals surface area contributed by atoms with Crippen molar-refractivity contribution in [3.8, 4) is 5.75 Å². The first kappa shape index (κ1) is 27.6. The number of halogens is 1. The molecule has 188 valence electrons. The zero-order valence-corrected chi connectivity index (χ0v) is 21.2. The summed E-state index contributed by atoms with van der Waals surface area (Å²) < 4.78 is 29.5. The highest BCUT2D eigenvalue weighted by Gasteiger charge is 2.28. The predicted molar refractivity (Wildman–Crippen MR) is 131 cm³/mol. The highest BCUT2D eigenvalue weighted by atomic mass is 19.1. The number of anilines is 1. The van der Waals surface area contributed by atoms with Crippen LogP contribution in [0.4, 0.5) is 14.9 Å². The van der Waals surface area contributed by atoms with Crippen LogP contribution in [0.1, 0.15) is 68.9 Å². The monoisotopic (exact) mass is 485 g/mol. The Balaban J connectivity index is 2.59. The van der Waals surface area contributed by atoms with Crippen molar-refractivity contribution in [2.75, 3.05) is 19.0 Å². The van der Waals surface area contributed by atoms with Crippen molar-refractivity contribution in [3.05, 3.63) is 70.7 Å². The zero-order chi connectivity index (χ0) is 26.3. The van der Waals surface area contributed by atoms with Gasteiger partial charge in [-0.1, -0.05) is 46.8 Å². The van der Waals surface area contributed by atoms with Crippen molar-refractivity contribution in [1.29, 1.82) is 0 Å². The Kier molecular flexibility index (Phi) is 9.17. The molecule has 0 saturated heterocycles. The van der Waals surface area contributed by atoms with Gasteiger partial charge in [-0.3, -0.25) is 9.59 Å². The Morgan fingerprint density at radius 3 is 2.31 bits per heavy atom. The van der Waals surface area contributed by atoms with E-state index in [9.17, 15) is 18.8 Å². The van der Waals surface area contributed by atoms with E-state index in [0.717, 1.165) is 23.5 Å². The van der Waals surface area contributed by atoms with Crippen LogP contribution in [0.25, 0.3) is 0 Å². The number of nitrogens with one attached hydrogen (secondary N) is 1. The highest BCUT2D eigenvalue weighted by molar-refractivity contribution is 6.28. The lowest BCUT2D eigenvalue weighted by Crippen LogP contribution is -2.25. The molecular formula is C27H32FNO6. The van der Waals surface area contributed by atoms with Gasteiger partial charge in [0.25, 0.3) is 5.91 Å². The van der Waals surface area contributed by atoms with Crippen LogP contribution in [0.2, 0.25) is 0 Å². The fraction of sp³-hybridized carbons (Fsp3) is 0.370. The van der Waals surface area contributed by atoms with E-state index in [1.807, 2.05) is 40.7 Å². The van der Waals surface area contributed by atoms with Crippen LogP contribution in [-0.4, -0.2) is 31.6 Å². The third kappa shape index (κ3) is 6.91. The van der Waals surface area contributed by atoms with Gasteiger partial charge in [0.1, 0.15) is 17.1 Å². The Hall–Kier alpha value is -3.68. The Labute approximate surface area is 205 Å². The van der Waals surface area contributed by atoms with Gasteiger partial charge in [-0.15, -0.1) is 0 Å². The van der Waals surface area contributed by atoms with E-state index in [4.69, 9.17) is 9.47 Å². The molecule has 0 aliphatic rings. The summed E-state index contributed by atoms with van der Waals surface area (Å²) in [6, 6.07) is 8.77. The van der Waals surface area contributed by atoms with Gasteiger partial charge in [0.15, 0.2) is 0 Å². The van der Waals surface area contributed by atoms with Gasteiger partial charge in [-0.25, -0.2) is 9.18 Å². The van der Waals surface area contributed by atoms with E-state index in [0.29, 0.717) is 5.69 Å². The van der Waals surface area contributed by atoms with Crippen molar-refractivity contribution in [2.45, 2.75) is 52.9 Å². The number of amides is 1. The summed E-state index contributed by atoms with van der Waals surface area (Å²) in [6.45, 7) is 11.7. The third-order valence-corrected chi connectivity index (χ3v) is 5.16. The Bertz CT molecular complexity index is 1130. The number of methoxy groups -OCH3 is 1. The number of ketones is 1. The molecule has 2 aromatic rings. The van der Waals surface area contributed by atoms with Crippen molar-refractivity contribution >= 4 is 23.5 Å². The summed E-state index contributed by atoms with van der Waals surface area (Å²) in [7, 11) is 1.20. The van der Waals surface area contributed by atoms with Crippen molar-refractivity contribution in [3.63, 3.8) is 0 Å². The molecule has 0 heterocycles. The van der Waals surface area contributed by atoms with Gasteiger partial charge < -0.3 is 19.5 Å². The van der Waals surface area contributed by atoms with Crippen LogP contribution >= 0.6 is 0 Å². The normalized spacial score (nSPS) is 11.7. The second-order valence-corrected chi connectivity index (χ2v) is 9.15. The molecule has 7 nitrogen and oxygen atoms in total. The molecule has 0 bridgehead atoms. The first-order valence-corrected chi connectivity index (χ1v) is 11.3. The topological polar surface area (TPSA) is 90.9 Å². The van der Waals surface area contributed by atoms with E-state index >= 15 is 0 Å².